The Kier molecular flexibility index (Phi) is 4.90. The van der Waals surface area contributed by atoms with Crippen LogP contribution in [0, 0.1) is 0 Å². The van der Waals surface area contributed by atoms with Crippen LogP contribution < -0.4 is 10.6 Å². The fourth-order valence-electron chi connectivity index (χ4n) is 2.00. The van der Waals surface area contributed by atoms with Crippen molar-refractivity contribution in [2.45, 2.75) is 6.18 Å². The number of halogens is 5. The highest BCUT2D eigenvalue weighted by atomic mass is 79.9. The van der Waals surface area contributed by atoms with E-state index in [0.717, 1.165) is 32.9 Å². The normalized spacial score (nSPS) is 11.6. The van der Waals surface area contributed by atoms with Gasteiger partial charge in [-0.2, -0.15) is 13.2 Å². The zero-order valence-corrected chi connectivity index (χ0v) is 15.3. The lowest BCUT2D eigenvalue weighted by atomic mass is 10.2. The Balaban J connectivity index is 1.73. The first-order valence-corrected chi connectivity index (χ1v) is 8.72. The second-order valence-electron chi connectivity index (χ2n) is 4.90. The maximum Gasteiger partial charge on any atom is 0.416 e. The van der Waals surface area contributed by atoms with Crippen LogP contribution in [0.1, 0.15) is 5.56 Å². The molecule has 10 heteroatoms. The second kappa shape index (κ2) is 6.81. The molecule has 0 aliphatic rings. The van der Waals surface area contributed by atoms with Gasteiger partial charge in [-0.3, -0.25) is 5.32 Å². The van der Waals surface area contributed by atoms with Gasteiger partial charge in [0.2, 0.25) is 0 Å². The summed E-state index contributed by atoms with van der Waals surface area (Å²) in [4.78, 5) is 16.3. The van der Waals surface area contributed by atoms with E-state index in [2.05, 4.69) is 31.5 Å². The lowest BCUT2D eigenvalue weighted by Crippen LogP contribution is -2.19. The van der Waals surface area contributed by atoms with E-state index in [9.17, 15) is 18.0 Å². The summed E-state index contributed by atoms with van der Waals surface area (Å²) < 4.78 is 39.6. The number of anilines is 2. The average molecular weight is 451 g/mol. The van der Waals surface area contributed by atoms with Gasteiger partial charge in [0, 0.05) is 4.47 Å². The number of hydrogen-bond donors (Lipinski definition) is 2. The van der Waals surface area contributed by atoms with Gasteiger partial charge in [-0.05, 0) is 36.4 Å². The summed E-state index contributed by atoms with van der Waals surface area (Å²) in [6, 6.07) is 7.53. The van der Waals surface area contributed by atoms with Crippen molar-refractivity contribution >= 4 is 65.9 Å². The molecular formula is C15H8BrClF3N3OS. The van der Waals surface area contributed by atoms with Crippen LogP contribution in [0.15, 0.2) is 40.9 Å². The monoisotopic (exact) mass is 449 g/mol. The van der Waals surface area contributed by atoms with Gasteiger partial charge < -0.3 is 5.32 Å². The van der Waals surface area contributed by atoms with Crippen molar-refractivity contribution in [1.29, 1.82) is 0 Å². The number of alkyl halides is 3. The molecule has 0 saturated heterocycles. The molecule has 2 amide bonds. The maximum absolute atomic E-state index is 12.6. The van der Waals surface area contributed by atoms with Crippen LogP contribution in [0.5, 0.6) is 0 Å². The smallest absolute Gasteiger partial charge is 0.306 e. The lowest BCUT2D eigenvalue weighted by molar-refractivity contribution is -0.137. The van der Waals surface area contributed by atoms with Gasteiger partial charge in [0.15, 0.2) is 5.13 Å². The first-order valence-electron chi connectivity index (χ1n) is 6.73. The maximum atomic E-state index is 12.6. The van der Waals surface area contributed by atoms with E-state index in [4.69, 9.17) is 11.6 Å². The third-order valence-corrected chi connectivity index (χ3v) is 4.86. The minimum atomic E-state index is -4.50. The number of nitrogens with zero attached hydrogens (tertiary/aromatic N) is 1. The second-order valence-corrected chi connectivity index (χ2v) is 7.26. The molecule has 3 aromatic rings. The predicted molar refractivity (Wildman–Crippen MR) is 96.4 cm³/mol. The van der Waals surface area contributed by atoms with Crippen LogP contribution in [0.25, 0.3) is 10.2 Å². The number of aromatic nitrogens is 1. The largest absolute Gasteiger partial charge is 0.416 e. The van der Waals surface area contributed by atoms with E-state index >= 15 is 0 Å². The Morgan fingerprint density at radius 1 is 1.16 bits per heavy atom. The minimum absolute atomic E-state index is 0.0658. The third-order valence-electron chi connectivity index (χ3n) is 3.12. The molecule has 4 nitrogen and oxygen atoms in total. The van der Waals surface area contributed by atoms with Crippen molar-refractivity contribution in [2.75, 3.05) is 10.6 Å². The fourth-order valence-corrected chi connectivity index (χ4v) is 3.64. The van der Waals surface area contributed by atoms with E-state index in [1.54, 1.807) is 6.07 Å². The van der Waals surface area contributed by atoms with Crippen LogP contribution in [0.3, 0.4) is 0 Å². The number of amides is 2. The van der Waals surface area contributed by atoms with Crippen molar-refractivity contribution in [3.63, 3.8) is 0 Å². The number of thiazole rings is 1. The molecule has 25 heavy (non-hydrogen) atoms. The average Bonchev–Trinajstić information content (AvgIpc) is 2.89. The van der Waals surface area contributed by atoms with Gasteiger partial charge >= 0.3 is 12.2 Å². The number of nitrogens with one attached hydrogen (secondary N) is 2. The van der Waals surface area contributed by atoms with Gasteiger partial charge in [-0.1, -0.05) is 38.9 Å². The van der Waals surface area contributed by atoms with Gasteiger partial charge in [-0.15, -0.1) is 0 Å². The first kappa shape index (κ1) is 18.0. The van der Waals surface area contributed by atoms with Crippen molar-refractivity contribution in [3.8, 4) is 0 Å². The number of benzene rings is 2. The zero-order chi connectivity index (χ0) is 18.2. The highest BCUT2D eigenvalue weighted by Crippen LogP contribution is 2.34. The molecule has 130 valence electrons. The molecule has 1 heterocycles. The number of fused-ring (bicyclic) bond motifs is 1. The van der Waals surface area contributed by atoms with Crippen molar-refractivity contribution in [3.05, 3.63) is 51.5 Å². The standard InChI is InChI=1S/C15H8BrClF3N3OS/c16-8-2-4-11-12(6-8)25-14(22-11)23-13(24)21-10-3-1-7(5-9(10)17)15(18,19)20/h1-6H,(H2,21,22,23,24). The summed E-state index contributed by atoms with van der Waals surface area (Å²) in [7, 11) is 0. The van der Waals surface area contributed by atoms with Crippen molar-refractivity contribution < 1.29 is 18.0 Å². The molecule has 1 aromatic heterocycles. The van der Waals surface area contributed by atoms with Crippen LogP contribution in [0.2, 0.25) is 5.02 Å². The molecule has 0 radical (unpaired) electrons. The van der Waals surface area contributed by atoms with Crippen LogP contribution in [-0.4, -0.2) is 11.0 Å². The quantitative estimate of drug-likeness (QED) is 0.476. The number of rotatable bonds is 2. The number of carbonyl (C=O) groups excluding carboxylic acids is 1. The van der Waals surface area contributed by atoms with Crippen molar-refractivity contribution in [1.82, 2.24) is 4.98 Å². The van der Waals surface area contributed by atoms with Crippen LogP contribution in [-0.2, 0) is 6.18 Å². The molecule has 2 N–H and O–H groups in total. The summed E-state index contributed by atoms with van der Waals surface area (Å²) in [5, 5.41) is 5.08. The molecule has 0 atom stereocenters. The van der Waals surface area contributed by atoms with Crippen LogP contribution >= 0.6 is 38.9 Å². The number of hydrogen-bond acceptors (Lipinski definition) is 3. The topological polar surface area (TPSA) is 54.0 Å². The zero-order valence-electron chi connectivity index (χ0n) is 12.1. The fraction of sp³-hybridized carbons (Fsp3) is 0.0667. The summed E-state index contributed by atoms with van der Waals surface area (Å²) in [6.45, 7) is 0. The predicted octanol–water partition coefficient (Wildman–Crippen LogP) is 6.38. The Morgan fingerprint density at radius 2 is 1.92 bits per heavy atom. The van der Waals surface area contributed by atoms with E-state index in [1.165, 1.54) is 11.3 Å². The highest BCUT2D eigenvalue weighted by Gasteiger charge is 2.31. The molecule has 2 aromatic carbocycles. The Hall–Kier alpha value is -1.84. The summed E-state index contributed by atoms with van der Waals surface area (Å²) in [6.07, 6.45) is -4.50. The summed E-state index contributed by atoms with van der Waals surface area (Å²) >= 11 is 10.4. The van der Waals surface area contributed by atoms with Gasteiger partial charge in [0.05, 0.1) is 26.5 Å². The van der Waals surface area contributed by atoms with Gasteiger partial charge in [0.25, 0.3) is 0 Å². The highest BCUT2D eigenvalue weighted by molar-refractivity contribution is 9.10. The molecule has 0 unspecified atom stereocenters. The molecule has 0 saturated carbocycles. The lowest BCUT2D eigenvalue weighted by Gasteiger charge is -2.11. The molecule has 0 aliphatic heterocycles. The van der Waals surface area contributed by atoms with Crippen LogP contribution in [0.4, 0.5) is 28.8 Å². The molecule has 0 bridgehead atoms. The summed E-state index contributed by atoms with van der Waals surface area (Å²) in [5.41, 5.74) is -0.104. The number of carbonyl (C=O) groups is 1. The van der Waals surface area contributed by atoms with E-state index in [1.807, 2.05) is 12.1 Å². The van der Waals surface area contributed by atoms with E-state index in [0.29, 0.717) is 5.13 Å². The Labute approximate surface area is 157 Å². The van der Waals surface area contributed by atoms with Gasteiger partial charge in [-0.25, -0.2) is 9.78 Å². The number of urea groups is 1. The van der Waals surface area contributed by atoms with E-state index in [-0.39, 0.29) is 10.7 Å². The van der Waals surface area contributed by atoms with Gasteiger partial charge in [0.1, 0.15) is 0 Å². The summed E-state index contributed by atoms with van der Waals surface area (Å²) in [5.74, 6) is 0. The van der Waals surface area contributed by atoms with Crippen molar-refractivity contribution in [2.24, 2.45) is 0 Å². The Bertz CT molecular complexity index is 961. The molecular weight excluding hydrogens is 443 g/mol. The first-order chi connectivity index (χ1) is 11.7. The molecule has 3 rings (SSSR count). The molecule has 0 fully saturated rings. The third kappa shape index (κ3) is 4.23. The Morgan fingerprint density at radius 3 is 2.60 bits per heavy atom. The minimum Gasteiger partial charge on any atom is -0.306 e. The molecule has 0 spiro atoms. The van der Waals surface area contributed by atoms with E-state index < -0.39 is 17.8 Å². The molecule has 0 aliphatic carbocycles. The SMILES string of the molecule is O=C(Nc1nc2ccc(Br)cc2s1)Nc1ccc(C(F)(F)F)cc1Cl.